The standard InChI is InChI=1S/C19H21ClN2O4S/c1-15(26-17-5-3-2-4-6-17)19(23)21-11-13-22(14-12-21)27(24,25)18-9-7-16(20)8-10-18/h2-10,15H,11-14H2,1H3/t15-/m0/s1. The third-order valence-electron chi connectivity index (χ3n) is 4.41. The quantitative estimate of drug-likeness (QED) is 0.762. The van der Waals surface area contributed by atoms with Crippen LogP contribution in [0, 0.1) is 0 Å². The van der Waals surface area contributed by atoms with Gasteiger partial charge in [-0.3, -0.25) is 4.79 Å². The highest BCUT2D eigenvalue weighted by atomic mass is 35.5. The second-order valence-electron chi connectivity index (χ2n) is 6.26. The molecule has 0 radical (unpaired) electrons. The van der Waals surface area contributed by atoms with Gasteiger partial charge in [-0.1, -0.05) is 29.8 Å². The molecule has 2 aromatic rings. The molecule has 1 atom stereocenters. The molecule has 0 aromatic heterocycles. The Balaban J connectivity index is 1.59. The van der Waals surface area contributed by atoms with Crippen LogP contribution in [0.15, 0.2) is 59.5 Å². The molecule has 0 aliphatic carbocycles. The van der Waals surface area contributed by atoms with E-state index in [1.54, 1.807) is 36.1 Å². The number of nitrogens with zero attached hydrogens (tertiary/aromatic N) is 2. The molecule has 6 nitrogen and oxygen atoms in total. The molecule has 1 heterocycles. The molecule has 0 saturated carbocycles. The van der Waals surface area contributed by atoms with E-state index in [1.165, 1.54) is 16.4 Å². The Morgan fingerprint density at radius 3 is 2.19 bits per heavy atom. The smallest absolute Gasteiger partial charge is 0.263 e. The lowest BCUT2D eigenvalue weighted by atomic mass is 10.3. The number of sulfonamides is 1. The van der Waals surface area contributed by atoms with E-state index in [0.29, 0.717) is 23.9 Å². The lowest BCUT2D eigenvalue weighted by Crippen LogP contribution is -2.53. The summed E-state index contributed by atoms with van der Waals surface area (Å²) in [6, 6.07) is 15.2. The Kier molecular flexibility index (Phi) is 6.04. The van der Waals surface area contributed by atoms with Crippen LogP contribution in [0.4, 0.5) is 0 Å². The Morgan fingerprint density at radius 2 is 1.59 bits per heavy atom. The van der Waals surface area contributed by atoms with E-state index < -0.39 is 16.1 Å². The number of amides is 1. The summed E-state index contributed by atoms with van der Waals surface area (Å²) in [4.78, 5) is 14.4. The van der Waals surface area contributed by atoms with Gasteiger partial charge in [0.25, 0.3) is 5.91 Å². The fourth-order valence-corrected chi connectivity index (χ4v) is 4.46. The van der Waals surface area contributed by atoms with Gasteiger partial charge in [0, 0.05) is 31.2 Å². The zero-order valence-electron chi connectivity index (χ0n) is 14.9. The van der Waals surface area contributed by atoms with E-state index in [-0.39, 0.29) is 23.9 Å². The third-order valence-corrected chi connectivity index (χ3v) is 6.57. The van der Waals surface area contributed by atoms with Crippen molar-refractivity contribution in [3.05, 3.63) is 59.6 Å². The van der Waals surface area contributed by atoms with Crippen molar-refractivity contribution in [3.8, 4) is 5.75 Å². The van der Waals surface area contributed by atoms with Crippen molar-refractivity contribution in [1.29, 1.82) is 0 Å². The van der Waals surface area contributed by atoms with Gasteiger partial charge in [0.2, 0.25) is 10.0 Å². The Morgan fingerprint density at radius 1 is 1.00 bits per heavy atom. The van der Waals surface area contributed by atoms with Gasteiger partial charge >= 0.3 is 0 Å². The number of para-hydroxylation sites is 1. The summed E-state index contributed by atoms with van der Waals surface area (Å²) in [6.45, 7) is 2.85. The predicted molar refractivity (Wildman–Crippen MR) is 103 cm³/mol. The van der Waals surface area contributed by atoms with Gasteiger partial charge in [-0.15, -0.1) is 0 Å². The summed E-state index contributed by atoms with van der Waals surface area (Å²) in [7, 11) is -3.59. The van der Waals surface area contributed by atoms with Crippen molar-refractivity contribution in [3.63, 3.8) is 0 Å². The van der Waals surface area contributed by atoms with E-state index in [0.717, 1.165) is 0 Å². The number of carbonyl (C=O) groups is 1. The summed E-state index contributed by atoms with van der Waals surface area (Å²) in [6.07, 6.45) is -0.633. The Hall–Kier alpha value is -2.09. The fraction of sp³-hybridized carbons (Fsp3) is 0.316. The molecule has 1 aliphatic heterocycles. The number of halogens is 1. The van der Waals surface area contributed by atoms with Crippen LogP contribution in [0.5, 0.6) is 5.75 Å². The summed E-state index contributed by atoms with van der Waals surface area (Å²) < 4.78 is 32.5. The Bertz CT molecular complexity index is 880. The minimum atomic E-state index is -3.59. The fourth-order valence-electron chi connectivity index (χ4n) is 2.92. The van der Waals surface area contributed by atoms with Crippen molar-refractivity contribution < 1.29 is 17.9 Å². The number of hydrogen-bond donors (Lipinski definition) is 0. The highest BCUT2D eigenvalue weighted by molar-refractivity contribution is 7.89. The summed E-state index contributed by atoms with van der Waals surface area (Å²) in [5.74, 6) is 0.477. The van der Waals surface area contributed by atoms with E-state index in [9.17, 15) is 13.2 Å². The zero-order chi connectivity index (χ0) is 19.4. The minimum Gasteiger partial charge on any atom is -0.481 e. The molecule has 0 bridgehead atoms. The molecule has 2 aromatic carbocycles. The first-order chi connectivity index (χ1) is 12.9. The second kappa shape index (κ2) is 8.29. The highest BCUT2D eigenvalue weighted by Crippen LogP contribution is 2.20. The molecule has 0 unspecified atom stereocenters. The molecule has 8 heteroatoms. The van der Waals surface area contributed by atoms with Crippen LogP contribution in [0.25, 0.3) is 0 Å². The van der Waals surface area contributed by atoms with Gasteiger partial charge in [0.05, 0.1) is 4.90 Å². The molecule has 144 valence electrons. The average Bonchev–Trinajstić information content (AvgIpc) is 2.68. The summed E-state index contributed by atoms with van der Waals surface area (Å²) >= 11 is 5.82. The van der Waals surface area contributed by atoms with Crippen molar-refractivity contribution in [2.45, 2.75) is 17.9 Å². The van der Waals surface area contributed by atoms with E-state index >= 15 is 0 Å². The van der Waals surface area contributed by atoms with Gasteiger partial charge in [0.15, 0.2) is 6.10 Å². The lowest BCUT2D eigenvalue weighted by Gasteiger charge is -2.35. The minimum absolute atomic E-state index is 0.151. The third kappa shape index (κ3) is 4.61. The summed E-state index contributed by atoms with van der Waals surface area (Å²) in [5, 5.41) is 0.483. The molecule has 0 N–H and O–H groups in total. The van der Waals surface area contributed by atoms with Crippen molar-refractivity contribution in [2.75, 3.05) is 26.2 Å². The molecule has 27 heavy (non-hydrogen) atoms. The van der Waals surface area contributed by atoms with Gasteiger partial charge in [-0.25, -0.2) is 8.42 Å². The van der Waals surface area contributed by atoms with E-state index in [2.05, 4.69) is 0 Å². The molecule has 0 spiro atoms. The van der Waals surface area contributed by atoms with Crippen molar-refractivity contribution in [1.82, 2.24) is 9.21 Å². The number of carbonyl (C=O) groups excluding carboxylic acids is 1. The maximum atomic E-state index is 12.7. The zero-order valence-corrected chi connectivity index (χ0v) is 16.5. The van der Waals surface area contributed by atoms with Crippen molar-refractivity contribution >= 4 is 27.5 Å². The first-order valence-electron chi connectivity index (χ1n) is 8.64. The van der Waals surface area contributed by atoms with Gasteiger partial charge < -0.3 is 9.64 Å². The number of piperazine rings is 1. The van der Waals surface area contributed by atoms with Crippen LogP contribution in [-0.2, 0) is 14.8 Å². The summed E-state index contributed by atoms with van der Waals surface area (Å²) in [5.41, 5.74) is 0. The van der Waals surface area contributed by atoms with Crippen LogP contribution in [0.3, 0.4) is 0 Å². The molecular formula is C19H21ClN2O4S. The van der Waals surface area contributed by atoms with Crippen LogP contribution < -0.4 is 4.74 Å². The number of benzene rings is 2. The van der Waals surface area contributed by atoms with E-state index in [1.807, 2.05) is 18.2 Å². The Labute approximate surface area is 164 Å². The SMILES string of the molecule is C[C@H](Oc1ccccc1)C(=O)N1CCN(S(=O)(=O)c2ccc(Cl)cc2)CC1. The molecule has 1 amide bonds. The topological polar surface area (TPSA) is 66.9 Å². The van der Waals surface area contributed by atoms with Crippen LogP contribution in [0.2, 0.25) is 5.02 Å². The maximum Gasteiger partial charge on any atom is 0.263 e. The molecule has 1 saturated heterocycles. The maximum absolute atomic E-state index is 12.7. The largest absolute Gasteiger partial charge is 0.481 e. The average molecular weight is 409 g/mol. The molecule has 1 aliphatic rings. The van der Waals surface area contributed by atoms with E-state index in [4.69, 9.17) is 16.3 Å². The van der Waals surface area contributed by atoms with Crippen LogP contribution in [-0.4, -0.2) is 55.8 Å². The van der Waals surface area contributed by atoms with Gasteiger partial charge in [-0.2, -0.15) is 4.31 Å². The molecule has 3 rings (SSSR count). The normalized spacial score (nSPS) is 16.7. The van der Waals surface area contributed by atoms with Gasteiger partial charge in [0.1, 0.15) is 5.75 Å². The van der Waals surface area contributed by atoms with Gasteiger partial charge in [-0.05, 0) is 43.3 Å². The highest BCUT2D eigenvalue weighted by Gasteiger charge is 2.32. The molecule has 1 fully saturated rings. The van der Waals surface area contributed by atoms with Crippen LogP contribution in [0.1, 0.15) is 6.92 Å². The predicted octanol–water partition coefficient (Wildman–Crippen LogP) is 2.64. The van der Waals surface area contributed by atoms with Crippen molar-refractivity contribution in [2.24, 2.45) is 0 Å². The molecular weight excluding hydrogens is 388 g/mol. The lowest BCUT2D eigenvalue weighted by molar-refractivity contribution is -0.139. The monoisotopic (exact) mass is 408 g/mol. The number of rotatable bonds is 5. The first-order valence-corrected chi connectivity index (χ1v) is 10.5. The number of hydrogen-bond acceptors (Lipinski definition) is 4. The first kappa shape index (κ1) is 19.7. The number of ether oxygens (including phenoxy) is 1. The van der Waals surface area contributed by atoms with Crippen LogP contribution >= 0.6 is 11.6 Å². The second-order valence-corrected chi connectivity index (χ2v) is 8.63.